The quantitative estimate of drug-likeness (QED) is 0.750. The monoisotopic (exact) mass is 214 g/mol. The maximum Gasteiger partial charge on any atom is 0.354 e. The Morgan fingerprint density at radius 1 is 1.12 bits per heavy atom. The fourth-order valence-corrected chi connectivity index (χ4v) is 1.43. The van der Waals surface area contributed by atoms with Crippen LogP contribution >= 0.6 is 0 Å². The average Bonchev–Trinajstić information content (AvgIpc) is 2.30. The number of pyridine rings is 1. The average molecular weight is 214 g/mol. The van der Waals surface area contributed by atoms with Crippen LogP contribution in [0.3, 0.4) is 0 Å². The highest BCUT2D eigenvalue weighted by atomic mass is 16.4. The lowest BCUT2D eigenvalue weighted by atomic mass is 10.1. The number of nitrogens with two attached hydrogens (primary N) is 1. The van der Waals surface area contributed by atoms with Crippen molar-refractivity contribution in [2.24, 2.45) is 0 Å². The van der Waals surface area contributed by atoms with E-state index < -0.39 is 5.97 Å². The third-order valence-corrected chi connectivity index (χ3v) is 2.20. The lowest BCUT2D eigenvalue weighted by Crippen LogP contribution is -2.01. The van der Waals surface area contributed by atoms with Crippen LogP contribution in [-0.4, -0.2) is 16.1 Å². The number of nitrogen functional groups attached to an aromatic ring is 1. The molecule has 1 heterocycles. The van der Waals surface area contributed by atoms with E-state index in [1.54, 1.807) is 18.2 Å². The van der Waals surface area contributed by atoms with Crippen LogP contribution in [0.1, 0.15) is 10.5 Å². The molecule has 0 atom stereocenters. The van der Waals surface area contributed by atoms with E-state index in [0.29, 0.717) is 11.4 Å². The van der Waals surface area contributed by atoms with Gasteiger partial charge in [-0.3, -0.25) is 0 Å². The van der Waals surface area contributed by atoms with Crippen LogP contribution in [0, 0.1) is 0 Å². The van der Waals surface area contributed by atoms with Gasteiger partial charge in [-0.2, -0.15) is 0 Å². The van der Waals surface area contributed by atoms with Crippen LogP contribution in [0.4, 0.5) is 5.69 Å². The molecule has 3 N–H and O–H groups in total. The number of aromatic nitrogens is 1. The normalized spacial score (nSPS) is 10.0. The van der Waals surface area contributed by atoms with Gasteiger partial charge in [0.1, 0.15) is 5.69 Å². The molecule has 0 aliphatic carbocycles. The predicted molar refractivity (Wildman–Crippen MR) is 61.0 cm³/mol. The Labute approximate surface area is 92.4 Å². The minimum absolute atomic E-state index is 0.0146. The molecule has 0 aliphatic heterocycles. The summed E-state index contributed by atoms with van der Waals surface area (Å²) in [5, 5.41) is 8.83. The van der Waals surface area contributed by atoms with E-state index in [1.807, 2.05) is 18.2 Å². The van der Waals surface area contributed by atoms with Gasteiger partial charge in [0.2, 0.25) is 0 Å². The zero-order valence-corrected chi connectivity index (χ0v) is 8.42. The van der Waals surface area contributed by atoms with Crippen molar-refractivity contribution in [3.8, 4) is 11.3 Å². The minimum atomic E-state index is -1.05. The molecule has 4 heteroatoms. The summed E-state index contributed by atoms with van der Waals surface area (Å²) in [6.07, 6.45) is 0. The highest BCUT2D eigenvalue weighted by molar-refractivity contribution is 5.86. The third kappa shape index (κ3) is 1.86. The van der Waals surface area contributed by atoms with E-state index in [9.17, 15) is 4.79 Å². The summed E-state index contributed by atoms with van der Waals surface area (Å²) < 4.78 is 0. The molecule has 0 amide bonds. The van der Waals surface area contributed by atoms with Gasteiger partial charge in [-0.25, -0.2) is 9.78 Å². The number of aromatic carboxylic acids is 1. The van der Waals surface area contributed by atoms with Crippen LogP contribution < -0.4 is 5.73 Å². The second-order valence-corrected chi connectivity index (χ2v) is 3.30. The Hall–Kier alpha value is -2.36. The number of carboxylic acid groups (broad SMARTS) is 1. The molecule has 0 aliphatic rings. The van der Waals surface area contributed by atoms with Crippen molar-refractivity contribution in [3.63, 3.8) is 0 Å². The summed E-state index contributed by atoms with van der Waals surface area (Å²) >= 11 is 0. The van der Waals surface area contributed by atoms with Gasteiger partial charge in [-0.1, -0.05) is 24.3 Å². The van der Waals surface area contributed by atoms with Crippen LogP contribution in [0.25, 0.3) is 11.3 Å². The lowest BCUT2D eigenvalue weighted by molar-refractivity contribution is 0.0690. The summed E-state index contributed by atoms with van der Waals surface area (Å²) in [4.78, 5) is 14.8. The first kappa shape index (κ1) is 10.2. The number of hydrogen-bond acceptors (Lipinski definition) is 3. The number of para-hydroxylation sites is 1. The summed E-state index contributed by atoms with van der Waals surface area (Å²) in [7, 11) is 0. The molecule has 0 unspecified atom stereocenters. The molecule has 0 saturated heterocycles. The van der Waals surface area contributed by atoms with Gasteiger partial charge in [-0.05, 0) is 18.2 Å². The third-order valence-electron chi connectivity index (χ3n) is 2.20. The first-order valence-corrected chi connectivity index (χ1v) is 4.73. The molecule has 0 fully saturated rings. The smallest absolute Gasteiger partial charge is 0.354 e. The largest absolute Gasteiger partial charge is 0.477 e. The number of carbonyl (C=O) groups is 1. The van der Waals surface area contributed by atoms with Crippen molar-refractivity contribution in [2.75, 3.05) is 5.73 Å². The number of rotatable bonds is 2. The number of anilines is 1. The lowest BCUT2D eigenvalue weighted by Gasteiger charge is -2.04. The second-order valence-electron chi connectivity index (χ2n) is 3.30. The SMILES string of the molecule is Nc1ccccc1-c1cccc(C(=O)O)n1. The van der Waals surface area contributed by atoms with Crippen LogP contribution in [0.2, 0.25) is 0 Å². The molecule has 0 spiro atoms. The zero-order valence-electron chi connectivity index (χ0n) is 8.42. The molecule has 4 nitrogen and oxygen atoms in total. The molecule has 0 saturated carbocycles. The topological polar surface area (TPSA) is 76.2 Å². The van der Waals surface area contributed by atoms with Crippen molar-refractivity contribution in [3.05, 3.63) is 48.2 Å². The van der Waals surface area contributed by atoms with E-state index in [-0.39, 0.29) is 5.69 Å². The first-order chi connectivity index (χ1) is 7.68. The number of benzene rings is 1. The molecule has 80 valence electrons. The van der Waals surface area contributed by atoms with Crippen molar-refractivity contribution in [2.45, 2.75) is 0 Å². The number of nitrogens with zero attached hydrogens (tertiary/aromatic N) is 1. The highest BCUT2D eigenvalue weighted by Crippen LogP contribution is 2.23. The van der Waals surface area contributed by atoms with Gasteiger partial charge >= 0.3 is 5.97 Å². The van der Waals surface area contributed by atoms with Gasteiger partial charge in [0.05, 0.1) is 5.69 Å². The molecule has 2 aromatic rings. The van der Waals surface area contributed by atoms with Crippen LogP contribution in [0.5, 0.6) is 0 Å². The zero-order chi connectivity index (χ0) is 11.5. The molecule has 16 heavy (non-hydrogen) atoms. The van der Waals surface area contributed by atoms with E-state index in [4.69, 9.17) is 10.8 Å². The Morgan fingerprint density at radius 3 is 2.56 bits per heavy atom. The molecule has 2 rings (SSSR count). The molecular weight excluding hydrogens is 204 g/mol. The standard InChI is InChI=1S/C12H10N2O2/c13-9-5-2-1-4-8(9)10-6-3-7-11(14-10)12(15)16/h1-7H,13H2,(H,15,16). The number of hydrogen-bond donors (Lipinski definition) is 2. The maximum absolute atomic E-state index is 10.8. The van der Waals surface area contributed by atoms with Gasteiger partial charge in [0.15, 0.2) is 0 Å². The molecular formula is C12H10N2O2. The van der Waals surface area contributed by atoms with Gasteiger partial charge in [-0.15, -0.1) is 0 Å². The van der Waals surface area contributed by atoms with Crippen molar-refractivity contribution < 1.29 is 9.90 Å². The molecule has 0 bridgehead atoms. The predicted octanol–water partition coefficient (Wildman–Crippen LogP) is 2.03. The molecule has 1 aromatic carbocycles. The van der Waals surface area contributed by atoms with Gasteiger partial charge in [0.25, 0.3) is 0 Å². The van der Waals surface area contributed by atoms with Crippen LogP contribution in [-0.2, 0) is 0 Å². The summed E-state index contributed by atoms with van der Waals surface area (Å²) in [5.41, 5.74) is 7.70. The van der Waals surface area contributed by atoms with Crippen molar-refractivity contribution in [1.29, 1.82) is 0 Å². The number of carboxylic acids is 1. The summed E-state index contributed by atoms with van der Waals surface area (Å²) in [6, 6.07) is 12.1. The fourth-order valence-electron chi connectivity index (χ4n) is 1.43. The van der Waals surface area contributed by atoms with E-state index >= 15 is 0 Å². The summed E-state index contributed by atoms with van der Waals surface area (Å²) in [6.45, 7) is 0. The summed E-state index contributed by atoms with van der Waals surface area (Å²) in [5.74, 6) is -1.05. The highest BCUT2D eigenvalue weighted by Gasteiger charge is 2.07. The van der Waals surface area contributed by atoms with E-state index in [2.05, 4.69) is 4.98 Å². The Bertz CT molecular complexity index is 538. The Morgan fingerprint density at radius 2 is 1.88 bits per heavy atom. The van der Waals surface area contributed by atoms with Gasteiger partial charge < -0.3 is 10.8 Å². The van der Waals surface area contributed by atoms with E-state index in [1.165, 1.54) is 6.07 Å². The Balaban J connectivity index is 2.53. The van der Waals surface area contributed by atoms with Crippen molar-refractivity contribution >= 4 is 11.7 Å². The maximum atomic E-state index is 10.8. The molecule has 0 radical (unpaired) electrons. The van der Waals surface area contributed by atoms with Crippen molar-refractivity contribution in [1.82, 2.24) is 4.98 Å². The minimum Gasteiger partial charge on any atom is -0.477 e. The van der Waals surface area contributed by atoms with Gasteiger partial charge in [0, 0.05) is 11.3 Å². The first-order valence-electron chi connectivity index (χ1n) is 4.73. The second kappa shape index (κ2) is 4.02. The van der Waals surface area contributed by atoms with Crippen LogP contribution in [0.15, 0.2) is 42.5 Å². The van der Waals surface area contributed by atoms with E-state index in [0.717, 1.165) is 5.56 Å². The fraction of sp³-hybridized carbons (Fsp3) is 0. The molecule has 1 aromatic heterocycles. The Kier molecular flexibility index (Phi) is 2.55.